The first-order valence-corrected chi connectivity index (χ1v) is 7.53. The summed E-state index contributed by atoms with van der Waals surface area (Å²) in [5, 5.41) is 10.3. The van der Waals surface area contributed by atoms with Crippen molar-refractivity contribution in [1.82, 2.24) is 9.88 Å². The number of aryl methyl sites for hydroxylation is 1. The zero-order chi connectivity index (χ0) is 15.1. The number of rotatable bonds is 7. The van der Waals surface area contributed by atoms with Crippen LogP contribution in [0.5, 0.6) is 0 Å². The van der Waals surface area contributed by atoms with E-state index < -0.39 is 6.10 Å². The Morgan fingerprint density at radius 3 is 2.33 bits per heavy atom. The number of pyridine rings is 1. The number of hydrogen-bond acceptors (Lipinski definition) is 3. The quantitative estimate of drug-likeness (QED) is 0.848. The summed E-state index contributed by atoms with van der Waals surface area (Å²) in [7, 11) is 2.02. The summed E-state index contributed by atoms with van der Waals surface area (Å²) in [4.78, 5) is 6.14. The van der Waals surface area contributed by atoms with Crippen molar-refractivity contribution in [2.24, 2.45) is 0 Å². The lowest BCUT2D eigenvalue weighted by Crippen LogP contribution is -2.24. The Balaban J connectivity index is 1.89. The highest BCUT2D eigenvalue weighted by Gasteiger charge is 2.11. The summed E-state index contributed by atoms with van der Waals surface area (Å²) in [6, 6.07) is 12.3. The van der Waals surface area contributed by atoms with Crippen LogP contribution in [0.1, 0.15) is 36.1 Å². The molecule has 2 aromatic rings. The van der Waals surface area contributed by atoms with Gasteiger partial charge in [-0.15, -0.1) is 0 Å². The normalized spacial score (nSPS) is 12.6. The summed E-state index contributed by atoms with van der Waals surface area (Å²) in [5.74, 6) is 0. The maximum atomic E-state index is 10.3. The molecular weight excluding hydrogens is 260 g/mol. The van der Waals surface area contributed by atoms with Crippen LogP contribution in [0, 0.1) is 0 Å². The maximum Gasteiger partial charge on any atom is 0.0916 e. The van der Waals surface area contributed by atoms with Gasteiger partial charge in [-0.05, 0) is 42.3 Å². The van der Waals surface area contributed by atoms with Gasteiger partial charge in [-0.2, -0.15) is 0 Å². The van der Waals surface area contributed by atoms with Gasteiger partial charge in [0.1, 0.15) is 0 Å². The predicted molar refractivity (Wildman–Crippen MR) is 86.0 cm³/mol. The minimum Gasteiger partial charge on any atom is -0.387 e. The number of hydrogen-bond donors (Lipinski definition) is 1. The first-order valence-electron chi connectivity index (χ1n) is 7.53. The third-order valence-electron chi connectivity index (χ3n) is 3.59. The fourth-order valence-corrected chi connectivity index (χ4v) is 2.46. The summed E-state index contributed by atoms with van der Waals surface area (Å²) in [6.45, 7) is 3.61. The zero-order valence-electron chi connectivity index (χ0n) is 12.9. The second kappa shape index (κ2) is 7.91. The lowest BCUT2D eigenvalue weighted by Gasteiger charge is -2.21. The molecule has 0 fully saturated rings. The van der Waals surface area contributed by atoms with Crippen LogP contribution >= 0.6 is 0 Å². The van der Waals surface area contributed by atoms with Crippen molar-refractivity contribution >= 4 is 0 Å². The van der Waals surface area contributed by atoms with Gasteiger partial charge in [-0.1, -0.05) is 37.6 Å². The highest BCUT2D eigenvalue weighted by molar-refractivity contribution is 5.24. The van der Waals surface area contributed by atoms with Crippen molar-refractivity contribution in [3.8, 4) is 0 Å². The van der Waals surface area contributed by atoms with Gasteiger partial charge >= 0.3 is 0 Å². The Bertz CT molecular complexity index is 525. The van der Waals surface area contributed by atoms with Crippen molar-refractivity contribution in [2.75, 3.05) is 13.6 Å². The monoisotopic (exact) mass is 284 g/mol. The van der Waals surface area contributed by atoms with E-state index in [0.29, 0.717) is 6.54 Å². The van der Waals surface area contributed by atoms with E-state index in [0.717, 1.165) is 24.9 Å². The standard InChI is InChI=1S/C18H24N2O/c1-3-4-15-5-7-17(8-6-15)18(21)14-20(2)13-16-9-11-19-12-10-16/h5-12,18,21H,3-4,13-14H2,1-2H3. The molecule has 2 rings (SSSR count). The molecule has 3 nitrogen and oxygen atoms in total. The second-order valence-corrected chi connectivity index (χ2v) is 5.56. The van der Waals surface area contributed by atoms with Gasteiger partial charge in [-0.25, -0.2) is 0 Å². The minimum absolute atomic E-state index is 0.451. The second-order valence-electron chi connectivity index (χ2n) is 5.56. The number of aliphatic hydroxyl groups is 1. The number of benzene rings is 1. The van der Waals surface area contributed by atoms with Gasteiger partial charge in [0, 0.05) is 25.5 Å². The predicted octanol–water partition coefficient (Wildman–Crippen LogP) is 3.20. The summed E-state index contributed by atoms with van der Waals surface area (Å²) in [5.41, 5.74) is 3.52. The van der Waals surface area contributed by atoms with Crippen molar-refractivity contribution < 1.29 is 5.11 Å². The highest BCUT2D eigenvalue weighted by atomic mass is 16.3. The molecule has 1 unspecified atom stereocenters. The third kappa shape index (κ3) is 4.96. The van der Waals surface area contributed by atoms with Crippen LogP contribution in [0.3, 0.4) is 0 Å². The van der Waals surface area contributed by atoms with Gasteiger partial charge in [0.15, 0.2) is 0 Å². The fourth-order valence-electron chi connectivity index (χ4n) is 2.46. The van der Waals surface area contributed by atoms with E-state index in [1.54, 1.807) is 12.4 Å². The van der Waals surface area contributed by atoms with Crippen LogP contribution in [0.4, 0.5) is 0 Å². The smallest absolute Gasteiger partial charge is 0.0916 e. The van der Waals surface area contributed by atoms with E-state index in [-0.39, 0.29) is 0 Å². The van der Waals surface area contributed by atoms with Gasteiger partial charge in [0.05, 0.1) is 6.10 Å². The van der Waals surface area contributed by atoms with Crippen LogP contribution in [-0.2, 0) is 13.0 Å². The van der Waals surface area contributed by atoms with Crippen LogP contribution < -0.4 is 0 Å². The van der Waals surface area contributed by atoms with E-state index >= 15 is 0 Å². The molecule has 0 spiro atoms. The van der Waals surface area contributed by atoms with E-state index in [4.69, 9.17) is 0 Å². The van der Waals surface area contributed by atoms with Crippen molar-refractivity contribution in [2.45, 2.75) is 32.4 Å². The zero-order valence-corrected chi connectivity index (χ0v) is 12.9. The first kappa shape index (κ1) is 15.7. The number of aliphatic hydroxyl groups excluding tert-OH is 1. The van der Waals surface area contributed by atoms with E-state index in [1.807, 2.05) is 31.3 Å². The lowest BCUT2D eigenvalue weighted by molar-refractivity contribution is 0.124. The summed E-state index contributed by atoms with van der Waals surface area (Å²) >= 11 is 0. The van der Waals surface area contributed by atoms with Crippen LogP contribution in [0.2, 0.25) is 0 Å². The van der Waals surface area contributed by atoms with Crippen LogP contribution in [0.15, 0.2) is 48.8 Å². The Labute approximate surface area is 127 Å². The molecule has 0 saturated carbocycles. The number of nitrogens with zero attached hydrogens (tertiary/aromatic N) is 2. The third-order valence-corrected chi connectivity index (χ3v) is 3.59. The Kier molecular flexibility index (Phi) is 5.90. The molecule has 0 bridgehead atoms. The van der Waals surface area contributed by atoms with Crippen LogP contribution in [0.25, 0.3) is 0 Å². The molecule has 0 radical (unpaired) electrons. The van der Waals surface area contributed by atoms with E-state index in [1.165, 1.54) is 11.1 Å². The highest BCUT2D eigenvalue weighted by Crippen LogP contribution is 2.16. The topological polar surface area (TPSA) is 36.4 Å². The summed E-state index contributed by atoms with van der Waals surface area (Å²) < 4.78 is 0. The molecule has 0 aliphatic heterocycles. The largest absolute Gasteiger partial charge is 0.387 e. The molecule has 21 heavy (non-hydrogen) atoms. The van der Waals surface area contributed by atoms with E-state index in [9.17, 15) is 5.11 Å². The Morgan fingerprint density at radius 2 is 1.71 bits per heavy atom. The molecule has 0 saturated heterocycles. The molecule has 1 aromatic heterocycles. The average Bonchev–Trinajstić information content (AvgIpc) is 2.49. The Morgan fingerprint density at radius 1 is 1.05 bits per heavy atom. The van der Waals surface area contributed by atoms with Gasteiger partial charge < -0.3 is 5.11 Å². The average molecular weight is 284 g/mol. The minimum atomic E-state index is -0.451. The molecule has 1 heterocycles. The van der Waals surface area contributed by atoms with Crippen molar-refractivity contribution in [1.29, 1.82) is 0 Å². The molecule has 112 valence electrons. The van der Waals surface area contributed by atoms with Crippen molar-refractivity contribution in [3.63, 3.8) is 0 Å². The SMILES string of the molecule is CCCc1ccc(C(O)CN(C)Cc2ccncc2)cc1. The molecular formula is C18H24N2O. The van der Waals surface area contributed by atoms with Gasteiger partial charge in [-0.3, -0.25) is 9.88 Å². The van der Waals surface area contributed by atoms with E-state index in [2.05, 4.69) is 28.9 Å². The molecule has 1 atom stereocenters. The maximum absolute atomic E-state index is 10.3. The van der Waals surface area contributed by atoms with Gasteiger partial charge in [0.25, 0.3) is 0 Å². The number of likely N-dealkylation sites (N-methyl/N-ethyl adjacent to an activating group) is 1. The molecule has 3 heteroatoms. The molecule has 0 aliphatic rings. The fraction of sp³-hybridized carbons (Fsp3) is 0.389. The van der Waals surface area contributed by atoms with Gasteiger partial charge in [0.2, 0.25) is 0 Å². The molecule has 0 aliphatic carbocycles. The number of aromatic nitrogens is 1. The molecule has 1 N–H and O–H groups in total. The summed E-state index contributed by atoms with van der Waals surface area (Å²) in [6.07, 6.45) is 5.39. The molecule has 1 aromatic carbocycles. The Hall–Kier alpha value is -1.71. The molecule has 0 amide bonds. The lowest BCUT2D eigenvalue weighted by atomic mass is 10.0. The van der Waals surface area contributed by atoms with Crippen molar-refractivity contribution in [3.05, 3.63) is 65.5 Å². The first-order chi connectivity index (χ1) is 10.2. The van der Waals surface area contributed by atoms with Crippen LogP contribution in [-0.4, -0.2) is 28.6 Å².